The molecule has 1 saturated heterocycles. The van der Waals surface area contributed by atoms with Crippen LogP contribution in [0.1, 0.15) is 13.8 Å². The Morgan fingerprint density at radius 3 is 2.39 bits per heavy atom. The number of carbonyl (C=O) groups excluding carboxylic acids is 2. The molecule has 0 radical (unpaired) electrons. The smallest absolute Gasteiger partial charge is 0.236 e. The van der Waals surface area contributed by atoms with Crippen molar-refractivity contribution in [3.05, 3.63) is 29.3 Å². The van der Waals surface area contributed by atoms with Gasteiger partial charge in [-0.25, -0.2) is 0 Å². The second kappa shape index (κ2) is 4.82. The van der Waals surface area contributed by atoms with E-state index in [1.54, 1.807) is 31.2 Å². The van der Waals surface area contributed by atoms with Gasteiger partial charge in [0.2, 0.25) is 11.8 Å². The average molecular weight is 286 g/mol. The summed E-state index contributed by atoms with van der Waals surface area (Å²) in [7, 11) is -1.43. The zero-order valence-corrected chi connectivity index (χ0v) is 11.5. The van der Waals surface area contributed by atoms with Gasteiger partial charge in [-0.15, -0.1) is 0 Å². The summed E-state index contributed by atoms with van der Waals surface area (Å²) in [6, 6.07) is 6.56. The third-order valence-electron chi connectivity index (χ3n) is 2.91. The molecule has 96 valence electrons. The second-order valence-electron chi connectivity index (χ2n) is 4.16. The molecule has 1 aromatic carbocycles. The lowest BCUT2D eigenvalue weighted by Gasteiger charge is -2.42. The number of hydrogen-bond donors (Lipinski definition) is 0. The highest BCUT2D eigenvalue weighted by Crippen LogP contribution is 2.32. The summed E-state index contributed by atoms with van der Waals surface area (Å²) in [5.74, 6) is -1.04. The number of imide groups is 1. The fourth-order valence-corrected chi connectivity index (χ4v) is 3.67. The van der Waals surface area contributed by atoms with Crippen LogP contribution in [0.5, 0.6) is 0 Å². The number of likely N-dealkylation sites (tertiary alicyclic amines) is 1. The number of rotatable bonds is 2. The first-order chi connectivity index (χ1) is 8.43. The molecule has 1 heterocycles. The van der Waals surface area contributed by atoms with Gasteiger partial charge in [-0.1, -0.05) is 18.5 Å². The fraction of sp³-hybridized carbons (Fsp3) is 0.333. The maximum Gasteiger partial charge on any atom is 0.236 e. The predicted octanol–water partition coefficient (Wildman–Crippen LogP) is 1.80. The molecule has 6 heteroatoms. The van der Waals surface area contributed by atoms with E-state index < -0.39 is 22.1 Å². The largest absolute Gasteiger partial charge is 0.275 e. The number of carbonyl (C=O) groups is 2. The zero-order valence-electron chi connectivity index (χ0n) is 9.92. The lowest BCUT2D eigenvalue weighted by atomic mass is 10.0. The first-order valence-electron chi connectivity index (χ1n) is 5.43. The van der Waals surface area contributed by atoms with Gasteiger partial charge in [0, 0.05) is 16.8 Å². The van der Waals surface area contributed by atoms with Gasteiger partial charge in [0.25, 0.3) is 0 Å². The average Bonchev–Trinajstić information content (AvgIpc) is 2.34. The molecule has 3 atom stereocenters. The number of benzene rings is 1. The molecule has 18 heavy (non-hydrogen) atoms. The van der Waals surface area contributed by atoms with Crippen LogP contribution in [0, 0.1) is 5.92 Å². The molecule has 0 N–H and O–H groups in total. The van der Waals surface area contributed by atoms with E-state index >= 15 is 0 Å². The van der Waals surface area contributed by atoms with E-state index in [1.807, 2.05) is 0 Å². The summed E-state index contributed by atoms with van der Waals surface area (Å²) >= 11 is 5.76. The monoisotopic (exact) mass is 285 g/mol. The Morgan fingerprint density at radius 2 is 1.89 bits per heavy atom. The minimum absolute atomic E-state index is 0.269. The number of hydrogen-bond acceptors (Lipinski definition) is 3. The number of halogens is 1. The molecule has 1 aliphatic heterocycles. The van der Waals surface area contributed by atoms with Gasteiger partial charge in [-0.3, -0.25) is 18.7 Å². The maximum atomic E-state index is 12.3. The quantitative estimate of drug-likeness (QED) is 0.779. The predicted molar refractivity (Wildman–Crippen MR) is 68.3 cm³/mol. The van der Waals surface area contributed by atoms with Crippen molar-refractivity contribution >= 4 is 34.2 Å². The highest BCUT2D eigenvalue weighted by atomic mass is 35.5. The summed E-state index contributed by atoms with van der Waals surface area (Å²) in [6.45, 7) is 2.98. The van der Waals surface area contributed by atoms with Crippen molar-refractivity contribution in [2.24, 2.45) is 5.92 Å². The van der Waals surface area contributed by atoms with E-state index in [1.165, 1.54) is 6.92 Å². The lowest BCUT2D eigenvalue weighted by Crippen LogP contribution is -2.63. The molecule has 2 rings (SSSR count). The molecule has 1 aromatic rings. The van der Waals surface area contributed by atoms with Crippen LogP contribution in [0.15, 0.2) is 29.2 Å². The third kappa shape index (κ3) is 2.08. The zero-order chi connectivity index (χ0) is 13.4. The van der Waals surface area contributed by atoms with Crippen molar-refractivity contribution in [2.45, 2.75) is 24.1 Å². The number of β-lactam (4-membered cyclic amide) rings is 1. The van der Waals surface area contributed by atoms with Crippen molar-refractivity contribution in [1.29, 1.82) is 0 Å². The Bertz CT molecular complexity index is 529. The van der Waals surface area contributed by atoms with Gasteiger partial charge in [-0.2, -0.15) is 0 Å². The maximum absolute atomic E-state index is 12.3. The summed E-state index contributed by atoms with van der Waals surface area (Å²) in [4.78, 5) is 24.5. The van der Waals surface area contributed by atoms with Gasteiger partial charge in [0.05, 0.1) is 16.7 Å². The number of amides is 2. The molecule has 4 nitrogen and oxygen atoms in total. The van der Waals surface area contributed by atoms with Gasteiger partial charge in [0.15, 0.2) is 0 Å². The van der Waals surface area contributed by atoms with Crippen molar-refractivity contribution in [3.8, 4) is 0 Å². The number of nitrogens with zero attached hydrogens (tertiary/aromatic N) is 1. The van der Waals surface area contributed by atoms with Crippen LogP contribution < -0.4 is 0 Å². The van der Waals surface area contributed by atoms with Crippen LogP contribution in [-0.4, -0.2) is 26.3 Å². The Balaban J connectivity index is 2.26. The standard InChI is InChI=1S/C12H12ClNO3S/c1-7-11(16)14(8(2)15)12(7)18(17)10-5-3-9(13)4-6-10/h3-7,12H,1-2H3. The van der Waals surface area contributed by atoms with Crippen molar-refractivity contribution in [1.82, 2.24) is 4.90 Å². The molecule has 2 amide bonds. The Labute approximate surface area is 112 Å². The highest BCUT2D eigenvalue weighted by molar-refractivity contribution is 7.85. The first kappa shape index (κ1) is 13.2. The summed E-state index contributed by atoms with van der Waals surface area (Å²) in [6.07, 6.45) is 0. The van der Waals surface area contributed by atoms with Crippen molar-refractivity contribution < 1.29 is 13.8 Å². The molecular weight excluding hydrogens is 274 g/mol. The van der Waals surface area contributed by atoms with Crippen LogP contribution in [0.2, 0.25) is 5.02 Å². The van der Waals surface area contributed by atoms with Gasteiger partial charge in [-0.05, 0) is 24.3 Å². The van der Waals surface area contributed by atoms with Crippen LogP contribution in [0.3, 0.4) is 0 Å². The summed E-state index contributed by atoms with van der Waals surface area (Å²) in [5, 5.41) is -0.0203. The summed E-state index contributed by atoms with van der Waals surface area (Å²) in [5.41, 5.74) is 0. The van der Waals surface area contributed by atoms with Gasteiger partial charge < -0.3 is 0 Å². The fourth-order valence-electron chi connectivity index (χ4n) is 1.93. The molecule has 1 aliphatic rings. The highest BCUT2D eigenvalue weighted by Gasteiger charge is 2.50. The van der Waals surface area contributed by atoms with Crippen molar-refractivity contribution in [3.63, 3.8) is 0 Å². The lowest BCUT2D eigenvalue weighted by molar-refractivity contribution is -0.158. The van der Waals surface area contributed by atoms with E-state index in [4.69, 9.17) is 11.6 Å². The van der Waals surface area contributed by atoms with Gasteiger partial charge in [0.1, 0.15) is 5.37 Å². The Hall–Kier alpha value is -1.20. The Kier molecular flexibility index (Phi) is 3.54. The van der Waals surface area contributed by atoms with E-state index in [0.717, 1.165) is 4.90 Å². The molecule has 0 aliphatic carbocycles. The van der Waals surface area contributed by atoms with E-state index in [-0.39, 0.29) is 11.8 Å². The molecular formula is C12H12ClNO3S. The third-order valence-corrected chi connectivity index (χ3v) is 4.96. The molecule has 0 bridgehead atoms. The topological polar surface area (TPSA) is 54.5 Å². The van der Waals surface area contributed by atoms with Crippen molar-refractivity contribution in [2.75, 3.05) is 0 Å². The van der Waals surface area contributed by atoms with E-state index in [9.17, 15) is 13.8 Å². The molecule has 3 unspecified atom stereocenters. The SMILES string of the molecule is CC(=O)N1C(=O)C(C)C1S(=O)c1ccc(Cl)cc1. The molecule has 0 aromatic heterocycles. The van der Waals surface area contributed by atoms with E-state index in [2.05, 4.69) is 0 Å². The molecule has 0 saturated carbocycles. The van der Waals surface area contributed by atoms with Gasteiger partial charge >= 0.3 is 0 Å². The molecule has 0 spiro atoms. The Morgan fingerprint density at radius 1 is 1.33 bits per heavy atom. The minimum Gasteiger partial charge on any atom is -0.275 e. The summed E-state index contributed by atoms with van der Waals surface area (Å²) < 4.78 is 12.3. The van der Waals surface area contributed by atoms with Crippen LogP contribution in [-0.2, 0) is 20.4 Å². The first-order valence-corrected chi connectivity index (χ1v) is 7.02. The minimum atomic E-state index is -1.43. The van der Waals surface area contributed by atoms with Crippen LogP contribution >= 0.6 is 11.6 Å². The van der Waals surface area contributed by atoms with E-state index in [0.29, 0.717) is 9.92 Å². The second-order valence-corrected chi connectivity index (χ2v) is 6.14. The van der Waals surface area contributed by atoms with Crippen LogP contribution in [0.4, 0.5) is 0 Å². The van der Waals surface area contributed by atoms with Crippen LogP contribution in [0.25, 0.3) is 0 Å². The molecule has 1 fully saturated rings. The normalized spacial score (nSPS) is 24.6.